The highest BCUT2D eigenvalue weighted by Gasteiger charge is 2.23. The van der Waals surface area contributed by atoms with E-state index < -0.39 is 22.9 Å². The number of nitrogens with one attached hydrogen (secondary N) is 2. The van der Waals surface area contributed by atoms with Gasteiger partial charge in [-0.3, -0.25) is 14.9 Å². The van der Waals surface area contributed by atoms with Crippen molar-refractivity contribution in [1.82, 2.24) is 9.97 Å². The first-order valence-corrected chi connectivity index (χ1v) is 10.1. The highest BCUT2D eigenvalue weighted by Crippen LogP contribution is 2.23. The maximum atomic E-state index is 12.6. The largest absolute Gasteiger partial charge is 0.449 e. The number of carbonyl (C=O) groups excluding carboxylic acids is 2. The molecule has 2 N–H and O–H groups in total. The van der Waals surface area contributed by atoms with E-state index in [1.807, 2.05) is 13.8 Å². The van der Waals surface area contributed by atoms with E-state index in [0.29, 0.717) is 22.6 Å². The topological polar surface area (TPSA) is 127 Å². The molecule has 9 nitrogen and oxygen atoms in total. The highest BCUT2D eigenvalue weighted by atomic mass is 16.6. The summed E-state index contributed by atoms with van der Waals surface area (Å²) in [5.41, 5.74) is 3.81. The van der Waals surface area contributed by atoms with Crippen molar-refractivity contribution in [2.75, 3.05) is 5.32 Å². The smallest absolute Gasteiger partial charge is 0.338 e. The summed E-state index contributed by atoms with van der Waals surface area (Å²) in [6, 6.07) is 10.9. The third-order valence-electron chi connectivity index (χ3n) is 5.12. The van der Waals surface area contributed by atoms with E-state index in [1.54, 1.807) is 44.2 Å². The first-order chi connectivity index (χ1) is 15.2. The zero-order valence-corrected chi connectivity index (χ0v) is 18.3. The lowest BCUT2D eigenvalue weighted by Gasteiger charge is -2.17. The molecule has 32 heavy (non-hydrogen) atoms. The van der Waals surface area contributed by atoms with Crippen LogP contribution in [0.25, 0.3) is 11.4 Å². The maximum absolute atomic E-state index is 12.6. The second kappa shape index (κ2) is 9.42. The molecule has 1 atom stereocenters. The van der Waals surface area contributed by atoms with Crippen LogP contribution in [0.15, 0.2) is 42.5 Å². The van der Waals surface area contributed by atoms with Gasteiger partial charge < -0.3 is 15.0 Å². The molecule has 1 heterocycles. The molecule has 0 aliphatic rings. The molecule has 0 aliphatic heterocycles. The standard InChI is InChI=1S/C23H24N4O5/c1-5-20(22(28)26-19-12-18(27(30)31)11-6-13(19)2)32-23(29)17-9-7-16(8-10-17)21-24-14(3)15(4)25-21/h6-12,20H,5H2,1-4H3,(H,24,25)(H,26,28). The Balaban J connectivity index is 1.69. The molecule has 9 heteroatoms. The molecule has 2 aromatic carbocycles. The minimum absolute atomic E-state index is 0.141. The summed E-state index contributed by atoms with van der Waals surface area (Å²) in [5, 5.41) is 13.6. The van der Waals surface area contributed by atoms with Gasteiger partial charge in [0.25, 0.3) is 11.6 Å². The molecule has 1 aromatic heterocycles. The summed E-state index contributed by atoms with van der Waals surface area (Å²) in [7, 11) is 0. The Labute approximate surface area is 185 Å². The third-order valence-corrected chi connectivity index (χ3v) is 5.12. The molecule has 166 valence electrons. The van der Waals surface area contributed by atoms with Gasteiger partial charge >= 0.3 is 5.97 Å². The zero-order chi connectivity index (χ0) is 23.4. The number of carbonyl (C=O) groups is 2. The van der Waals surface area contributed by atoms with Gasteiger partial charge in [-0.15, -0.1) is 0 Å². The Morgan fingerprint density at radius 1 is 1.16 bits per heavy atom. The van der Waals surface area contributed by atoms with Gasteiger partial charge in [-0.2, -0.15) is 0 Å². The van der Waals surface area contributed by atoms with Crippen LogP contribution >= 0.6 is 0 Å². The number of benzene rings is 2. The van der Waals surface area contributed by atoms with Gasteiger partial charge in [-0.1, -0.05) is 25.1 Å². The van der Waals surface area contributed by atoms with Gasteiger partial charge in [0.15, 0.2) is 6.10 Å². The van der Waals surface area contributed by atoms with Crippen molar-refractivity contribution in [1.29, 1.82) is 0 Å². The Bertz CT molecular complexity index is 1150. The van der Waals surface area contributed by atoms with E-state index in [9.17, 15) is 19.7 Å². The van der Waals surface area contributed by atoms with E-state index in [4.69, 9.17) is 4.74 Å². The summed E-state index contributed by atoms with van der Waals surface area (Å²) in [4.78, 5) is 43.3. The lowest BCUT2D eigenvalue weighted by molar-refractivity contribution is -0.384. The number of H-pyrrole nitrogens is 1. The second-order valence-corrected chi connectivity index (χ2v) is 7.42. The fourth-order valence-electron chi connectivity index (χ4n) is 3.04. The Hall–Kier alpha value is -4.01. The van der Waals surface area contributed by atoms with Gasteiger partial charge in [0.05, 0.1) is 21.9 Å². The number of imidazole rings is 1. The van der Waals surface area contributed by atoms with Crippen LogP contribution in [0.2, 0.25) is 0 Å². The number of amides is 1. The molecule has 0 saturated heterocycles. The van der Waals surface area contributed by atoms with Crippen LogP contribution in [0, 0.1) is 30.9 Å². The monoisotopic (exact) mass is 436 g/mol. The summed E-state index contributed by atoms with van der Waals surface area (Å²) in [6.07, 6.45) is -0.801. The molecule has 3 aromatic rings. The zero-order valence-electron chi connectivity index (χ0n) is 18.3. The summed E-state index contributed by atoms with van der Waals surface area (Å²) in [5.74, 6) is -0.484. The van der Waals surface area contributed by atoms with Gasteiger partial charge in [-0.25, -0.2) is 9.78 Å². The van der Waals surface area contributed by atoms with Crippen LogP contribution in [0.4, 0.5) is 11.4 Å². The minimum Gasteiger partial charge on any atom is -0.449 e. The molecule has 0 radical (unpaired) electrons. The van der Waals surface area contributed by atoms with Crippen LogP contribution in [0.1, 0.15) is 40.7 Å². The number of non-ortho nitro benzene ring substituents is 1. The predicted molar refractivity (Wildman–Crippen MR) is 119 cm³/mol. The Morgan fingerprint density at radius 2 is 1.84 bits per heavy atom. The number of aromatic amines is 1. The number of hydrogen-bond donors (Lipinski definition) is 2. The lowest BCUT2D eigenvalue weighted by Crippen LogP contribution is -2.32. The Kier molecular flexibility index (Phi) is 6.67. The second-order valence-electron chi connectivity index (χ2n) is 7.42. The molecule has 1 unspecified atom stereocenters. The number of aromatic nitrogens is 2. The van der Waals surface area contributed by atoms with Crippen LogP contribution in [-0.4, -0.2) is 32.9 Å². The van der Waals surface area contributed by atoms with Gasteiger partial charge in [0, 0.05) is 23.4 Å². The molecule has 1 amide bonds. The average molecular weight is 436 g/mol. The van der Waals surface area contributed by atoms with Gasteiger partial charge in [-0.05, 0) is 44.9 Å². The minimum atomic E-state index is -1.05. The molecule has 0 spiro atoms. The van der Waals surface area contributed by atoms with Crippen molar-refractivity contribution in [2.45, 2.75) is 40.2 Å². The van der Waals surface area contributed by atoms with Crippen molar-refractivity contribution in [3.05, 3.63) is 75.1 Å². The molecule has 0 aliphatic carbocycles. The average Bonchev–Trinajstić information content (AvgIpc) is 3.11. The van der Waals surface area contributed by atoms with Crippen molar-refractivity contribution in [3.63, 3.8) is 0 Å². The number of nitro groups is 1. The van der Waals surface area contributed by atoms with E-state index in [1.165, 1.54) is 12.1 Å². The molecule has 3 rings (SSSR count). The third kappa shape index (κ3) is 5.00. The first-order valence-electron chi connectivity index (χ1n) is 10.1. The van der Waals surface area contributed by atoms with Gasteiger partial charge in [0.2, 0.25) is 0 Å². The fraction of sp³-hybridized carbons (Fsp3) is 0.261. The maximum Gasteiger partial charge on any atom is 0.338 e. The predicted octanol–water partition coefficient (Wildman–Crippen LogP) is 4.48. The SMILES string of the molecule is CCC(OC(=O)c1ccc(-c2nc(C)c(C)[nH]2)cc1)C(=O)Nc1cc([N+](=O)[O-])ccc1C. The van der Waals surface area contributed by atoms with E-state index in [2.05, 4.69) is 15.3 Å². The molecule has 0 bridgehead atoms. The number of anilines is 1. The Morgan fingerprint density at radius 3 is 2.41 bits per heavy atom. The van der Waals surface area contributed by atoms with Crippen LogP contribution in [0.5, 0.6) is 0 Å². The van der Waals surface area contributed by atoms with Crippen molar-refractivity contribution in [2.24, 2.45) is 0 Å². The fourth-order valence-corrected chi connectivity index (χ4v) is 3.04. The summed E-state index contributed by atoms with van der Waals surface area (Å²) < 4.78 is 5.40. The van der Waals surface area contributed by atoms with Crippen LogP contribution in [-0.2, 0) is 9.53 Å². The molecular weight excluding hydrogens is 412 g/mol. The summed E-state index contributed by atoms with van der Waals surface area (Å²) >= 11 is 0. The molecular formula is C23H24N4O5. The lowest BCUT2D eigenvalue weighted by atomic mass is 10.1. The highest BCUT2D eigenvalue weighted by molar-refractivity contribution is 5.98. The number of nitrogens with zero attached hydrogens (tertiary/aromatic N) is 2. The molecule has 0 fully saturated rings. The normalized spacial score (nSPS) is 11.6. The first kappa shape index (κ1) is 22.7. The van der Waals surface area contributed by atoms with Crippen molar-refractivity contribution >= 4 is 23.3 Å². The number of esters is 1. The quantitative estimate of drug-likeness (QED) is 0.319. The van der Waals surface area contributed by atoms with Gasteiger partial charge in [0.1, 0.15) is 5.82 Å². The van der Waals surface area contributed by atoms with Crippen molar-refractivity contribution < 1.29 is 19.2 Å². The van der Waals surface area contributed by atoms with Crippen molar-refractivity contribution in [3.8, 4) is 11.4 Å². The molecule has 0 saturated carbocycles. The van der Waals surface area contributed by atoms with Crippen LogP contribution in [0.3, 0.4) is 0 Å². The number of ether oxygens (including phenoxy) is 1. The number of aryl methyl sites for hydroxylation is 3. The summed E-state index contributed by atoms with van der Waals surface area (Å²) in [6.45, 7) is 7.27. The number of nitro benzene ring substituents is 1. The van der Waals surface area contributed by atoms with E-state index in [-0.39, 0.29) is 12.1 Å². The van der Waals surface area contributed by atoms with Crippen LogP contribution < -0.4 is 5.32 Å². The van der Waals surface area contributed by atoms with E-state index >= 15 is 0 Å². The number of rotatable bonds is 7. The number of hydrogen-bond acceptors (Lipinski definition) is 6. The van der Waals surface area contributed by atoms with E-state index in [0.717, 1.165) is 17.0 Å².